The van der Waals surface area contributed by atoms with Crippen molar-refractivity contribution < 1.29 is 4.39 Å². The number of rotatable bonds is 2. The van der Waals surface area contributed by atoms with Crippen LogP contribution in [0.4, 0.5) is 4.39 Å². The third-order valence-corrected chi connectivity index (χ3v) is 3.85. The molecule has 2 rings (SSSR count). The lowest BCUT2D eigenvalue weighted by molar-refractivity contribution is 0.764. The average molecular weight is 346 g/mol. The summed E-state index contributed by atoms with van der Waals surface area (Å²) < 4.78 is 14.6. The highest BCUT2D eigenvalue weighted by Gasteiger charge is 2.13. The SMILES string of the molecule is FC(=C(Br)c1ccccc1Cl)c1ccccc1Cl. The van der Waals surface area contributed by atoms with Crippen molar-refractivity contribution in [2.45, 2.75) is 0 Å². The highest BCUT2D eigenvalue weighted by atomic mass is 79.9. The molecule has 0 bridgehead atoms. The molecule has 0 aliphatic heterocycles. The molecule has 18 heavy (non-hydrogen) atoms. The topological polar surface area (TPSA) is 0 Å². The van der Waals surface area contributed by atoms with Gasteiger partial charge in [0.05, 0.1) is 9.51 Å². The summed E-state index contributed by atoms with van der Waals surface area (Å²) in [5.74, 6) is -0.436. The normalized spacial score (nSPS) is 12.2. The summed E-state index contributed by atoms with van der Waals surface area (Å²) in [5, 5.41) is 0.839. The Bertz CT molecular complexity index is 555. The van der Waals surface area contributed by atoms with E-state index in [9.17, 15) is 4.39 Å². The lowest BCUT2D eigenvalue weighted by Crippen LogP contribution is -1.85. The molecule has 0 unspecified atom stereocenters. The largest absolute Gasteiger partial charge is 0.205 e. The maximum Gasteiger partial charge on any atom is 0.146 e. The Morgan fingerprint density at radius 2 is 1.28 bits per heavy atom. The van der Waals surface area contributed by atoms with E-state index in [1.807, 2.05) is 0 Å². The minimum Gasteiger partial charge on any atom is -0.205 e. The van der Waals surface area contributed by atoms with Crippen LogP contribution in [0.3, 0.4) is 0 Å². The van der Waals surface area contributed by atoms with Crippen LogP contribution in [0.1, 0.15) is 11.1 Å². The first kappa shape index (κ1) is 13.6. The zero-order valence-electron chi connectivity index (χ0n) is 9.13. The van der Waals surface area contributed by atoms with E-state index >= 15 is 0 Å². The molecule has 0 spiro atoms. The number of halogens is 4. The minimum absolute atomic E-state index is 0.293. The fourth-order valence-corrected chi connectivity index (χ4v) is 2.64. The van der Waals surface area contributed by atoms with Crippen molar-refractivity contribution in [2.75, 3.05) is 0 Å². The standard InChI is InChI=1S/C14H8BrCl2F/c15-13(9-5-1-3-7-11(9)16)14(18)10-6-2-4-8-12(10)17/h1-8H. The van der Waals surface area contributed by atoms with E-state index in [-0.39, 0.29) is 0 Å². The molecule has 2 aromatic carbocycles. The van der Waals surface area contributed by atoms with Gasteiger partial charge in [-0.1, -0.05) is 59.6 Å². The van der Waals surface area contributed by atoms with Gasteiger partial charge < -0.3 is 0 Å². The Morgan fingerprint density at radius 1 is 0.833 bits per heavy atom. The van der Waals surface area contributed by atoms with Gasteiger partial charge in [-0.2, -0.15) is 0 Å². The molecular formula is C14H8BrCl2F. The van der Waals surface area contributed by atoms with E-state index in [4.69, 9.17) is 23.2 Å². The highest BCUT2D eigenvalue weighted by molar-refractivity contribution is 9.15. The van der Waals surface area contributed by atoms with Crippen molar-refractivity contribution in [1.29, 1.82) is 0 Å². The molecule has 0 saturated heterocycles. The van der Waals surface area contributed by atoms with E-state index < -0.39 is 5.83 Å². The first-order valence-corrected chi connectivity index (χ1v) is 6.71. The summed E-state index contributed by atoms with van der Waals surface area (Å²) in [5.41, 5.74) is 0.933. The monoisotopic (exact) mass is 344 g/mol. The van der Waals surface area contributed by atoms with Crippen molar-refractivity contribution in [3.05, 3.63) is 69.7 Å². The molecule has 0 aliphatic carbocycles. The van der Waals surface area contributed by atoms with E-state index in [0.29, 0.717) is 25.7 Å². The maximum absolute atomic E-state index is 14.3. The van der Waals surface area contributed by atoms with Crippen molar-refractivity contribution >= 4 is 49.4 Å². The molecule has 0 amide bonds. The van der Waals surface area contributed by atoms with Crippen LogP contribution in [-0.4, -0.2) is 0 Å². The van der Waals surface area contributed by atoms with Gasteiger partial charge in [-0.15, -0.1) is 0 Å². The van der Waals surface area contributed by atoms with E-state index in [2.05, 4.69) is 15.9 Å². The van der Waals surface area contributed by atoms with Crippen LogP contribution in [0.15, 0.2) is 48.5 Å². The highest BCUT2D eigenvalue weighted by Crippen LogP contribution is 2.37. The number of benzene rings is 2. The Morgan fingerprint density at radius 3 is 1.78 bits per heavy atom. The molecule has 0 atom stereocenters. The lowest BCUT2D eigenvalue weighted by Gasteiger charge is -2.07. The van der Waals surface area contributed by atoms with Crippen LogP contribution in [0, 0.1) is 0 Å². The summed E-state index contributed by atoms with van der Waals surface area (Å²) in [6, 6.07) is 13.8. The second-order valence-electron chi connectivity index (χ2n) is 3.59. The molecule has 0 saturated carbocycles. The molecule has 0 aliphatic rings. The Labute approximate surface area is 123 Å². The molecule has 0 fully saturated rings. The van der Waals surface area contributed by atoms with Gasteiger partial charge in [0.2, 0.25) is 0 Å². The minimum atomic E-state index is -0.436. The van der Waals surface area contributed by atoms with Gasteiger partial charge in [-0.3, -0.25) is 0 Å². The summed E-state index contributed by atoms with van der Waals surface area (Å²) in [7, 11) is 0. The Balaban J connectivity index is 2.55. The zero-order valence-corrected chi connectivity index (χ0v) is 12.2. The maximum atomic E-state index is 14.3. The van der Waals surface area contributed by atoms with Gasteiger partial charge >= 0.3 is 0 Å². The molecule has 0 heterocycles. The molecule has 0 nitrogen and oxygen atoms in total. The Kier molecular flexibility index (Phi) is 4.44. The quantitative estimate of drug-likeness (QED) is 0.570. The van der Waals surface area contributed by atoms with Crippen LogP contribution < -0.4 is 0 Å². The number of hydrogen-bond donors (Lipinski definition) is 0. The average Bonchev–Trinajstić information content (AvgIpc) is 2.38. The molecular weight excluding hydrogens is 338 g/mol. The summed E-state index contributed by atoms with van der Waals surface area (Å²) in [6.07, 6.45) is 0. The van der Waals surface area contributed by atoms with Gasteiger partial charge in [0.1, 0.15) is 5.83 Å². The predicted molar refractivity (Wildman–Crippen MR) is 79.8 cm³/mol. The molecule has 2 aromatic rings. The first-order chi connectivity index (χ1) is 8.61. The van der Waals surface area contributed by atoms with Gasteiger partial charge in [0.15, 0.2) is 0 Å². The van der Waals surface area contributed by atoms with Gasteiger partial charge in [0.25, 0.3) is 0 Å². The van der Waals surface area contributed by atoms with Crippen LogP contribution in [0.25, 0.3) is 10.3 Å². The summed E-state index contributed by atoms with van der Waals surface area (Å²) >= 11 is 15.2. The third-order valence-electron chi connectivity index (χ3n) is 2.41. The van der Waals surface area contributed by atoms with Crippen molar-refractivity contribution in [3.8, 4) is 0 Å². The predicted octanol–water partition coefficient (Wildman–Crippen LogP) is 6.18. The van der Waals surface area contributed by atoms with Crippen molar-refractivity contribution in [3.63, 3.8) is 0 Å². The van der Waals surface area contributed by atoms with Crippen LogP contribution in [-0.2, 0) is 0 Å². The number of hydrogen-bond acceptors (Lipinski definition) is 0. The smallest absolute Gasteiger partial charge is 0.146 e. The zero-order chi connectivity index (χ0) is 13.1. The second kappa shape index (κ2) is 5.87. The fourth-order valence-electron chi connectivity index (χ4n) is 1.51. The van der Waals surface area contributed by atoms with E-state index in [1.54, 1.807) is 48.5 Å². The van der Waals surface area contributed by atoms with E-state index in [0.717, 1.165) is 0 Å². The summed E-state index contributed by atoms with van der Waals surface area (Å²) in [6.45, 7) is 0. The van der Waals surface area contributed by atoms with Crippen LogP contribution in [0.5, 0.6) is 0 Å². The summed E-state index contributed by atoms with van der Waals surface area (Å²) in [4.78, 5) is 0. The fraction of sp³-hybridized carbons (Fsp3) is 0. The van der Waals surface area contributed by atoms with Crippen molar-refractivity contribution in [1.82, 2.24) is 0 Å². The third kappa shape index (κ3) is 2.77. The van der Waals surface area contributed by atoms with Gasteiger partial charge in [-0.05, 0) is 28.1 Å². The van der Waals surface area contributed by atoms with Gasteiger partial charge in [0, 0.05) is 16.1 Å². The Hall–Kier alpha value is -0.830. The first-order valence-electron chi connectivity index (χ1n) is 5.16. The van der Waals surface area contributed by atoms with Crippen molar-refractivity contribution in [2.24, 2.45) is 0 Å². The van der Waals surface area contributed by atoms with Crippen LogP contribution >= 0.6 is 39.1 Å². The molecule has 92 valence electrons. The van der Waals surface area contributed by atoms with Crippen LogP contribution in [0.2, 0.25) is 10.0 Å². The van der Waals surface area contributed by atoms with Gasteiger partial charge in [-0.25, -0.2) is 4.39 Å². The molecule has 4 heteroatoms. The second-order valence-corrected chi connectivity index (χ2v) is 5.20. The van der Waals surface area contributed by atoms with E-state index in [1.165, 1.54) is 0 Å². The lowest BCUT2D eigenvalue weighted by atomic mass is 10.1. The molecule has 0 N–H and O–H groups in total. The molecule has 0 aromatic heterocycles. The molecule has 0 radical (unpaired) electrons.